The maximum atomic E-state index is 9.63. The molecule has 0 bridgehead atoms. The quantitative estimate of drug-likeness (QED) is 0.185. The second-order valence-electron chi connectivity index (χ2n) is 13.5. The molecule has 0 unspecified atom stereocenters. The summed E-state index contributed by atoms with van der Waals surface area (Å²) in [6.07, 6.45) is 1.83. The van der Waals surface area contributed by atoms with E-state index in [9.17, 15) is 5.26 Å². The molecule has 1 aliphatic rings. The number of aromatic nitrogens is 4. The van der Waals surface area contributed by atoms with Gasteiger partial charge >= 0.3 is 0 Å². The van der Waals surface area contributed by atoms with E-state index in [2.05, 4.69) is 91.6 Å². The fourth-order valence-corrected chi connectivity index (χ4v) is 7.28. The smallest absolute Gasteiger partial charge is 0.164 e. The average molecular weight is 654 g/mol. The molecule has 0 amide bonds. The van der Waals surface area contributed by atoms with E-state index in [0.29, 0.717) is 23.0 Å². The Labute approximate surface area is 296 Å². The summed E-state index contributed by atoms with van der Waals surface area (Å²) in [7, 11) is 0. The number of nitrogens with zero attached hydrogens (tertiary/aromatic N) is 5. The predicted octanol–water partition coefficient (Wildman–Crippen LogP) is 10.9. The van der Waals surface area contributed by atoms with Crippen molar-refractivity contribution in [2.45, 2.75) is 19.3 Å². The number of fused-ring (bicyclic) bond motifs is 4. The number of pyridine rings is 1. The first-order valence-corrected chi connectivity index (χ1v) is 17.0. The molecular formula is C46H31N5. The monoisotopic (exact) mass is 653 g/mol. The molecule has 8 aromatic rings. The minimum Gasteiger partial charge on any atom is -0.256 e. The number of benzene rings is 6. The van der Waals surface area contributed by atoms with E-state index in [1.54, 1.807) is 0 Å². The van der Waals surface area contributed by atoms with Crippen molar-refractivity contribution in [3.05, 3.63) is 168 Å². The maximum absolute atomic E-state index is 9.63. The number of nitriles is 1. The lowest BCUT2D eigenvalue weighted by atomic mass is 9.81. The third-order valence-corrected chi connectivity index (χ3v) is 9.97. The van der Waals surface area contributed by atoms with Gasteiger partial charge in [-0.3, -0.25) is 4.98 Å². The van der Waals surface area contributed by atoms with Crippen molar-refractivity contribution in [3.8, 4) is 73.6 Å². The molecule has 2 aromatic heterocycles. The van der Waals surface area contributed by atoms with Crippen LogP contribution >= 0.6 is 0 Å². The van der Waals surface area contributed by atoms with Gasteiger partial charge in [-0.25, -0.2) is 15.0 Å². The molecule has 9 rings (SSSR count). The van der Waals surface area contributed by atoms with Crippen molar-refractivity contribution in [2.75, 3.05) is 0 Å². The summed E-state index contributed by atoms with van der Waals surface area (Å²) >= 11 is 0. The first-order valence-electron chi connectivity index (χ1n) is 17.0. The Morgan fingerprint density at radius 3 is 1.75 bits per heavy atom. The van der Waals surface area contributed by atoms with Crippen LogP contribution in [-0.4, -0.2) is 19.9 Å². The molecule has 0 spiro atoms. The van der Waals surface area contributed by atoms with Crippen LogP contribution in [0.2, 0.25) is 0 Å². The van der Waals surface area contributed by atoms with Crippen molar-refractivity contribution in [2.24, 2.45) is 0 Å². The molecule has 0 N–H and O–H groups in total. The molecule has 0 radical (unpaired) electrons. The van der Waals surface area contributed by atoms with Gasteiger partial charge in [0.25, 0.3) is 0 Å². The van der Waals surface area contributed by atoms with Crippen LogP contribution in [0.5, 0.6) is 0 Å². The molecule has 240 valence electrons. The van der Waals surface area contributed by atoms with Gasteiger partial charge in [-0.05, 0) is 93.0 Å². The second kappa shape index (κ2) is 12.0. The fraction of sp³-hybridized carbons (Fsp3) is 0.0652. The third-order valence-electron chi connectivity index (χ3n) is 9.97. The lowest BCUT2D eigenvalue weighted by Crippen LogP contribution is -2.15. The van der Waals surface area contributed by atoms with E-state index < -0.39 is 0 Å². The molecule has 0 fully saturated rings. The Morgan fingerprint density at radius 1 is 0.471 bits per heavy atom. The standard InChI is InChI=1S/C46H31N5/c1-46(2)40-20-15-29(28-47)22-39(40)38-19-18-33(26-41(38)46)35-23-36(34-17-16-30-14-9-21-48-42(30)27-34)25-37(24-35)45-50-43(31-10-5-3-6-11-31)49-44(51-45)32-12-7-4-8-13-32/h3-27H,1-2H3. The van der Waals surface area contributed by atoms with Crippen molar-refractivity contribution < 1.29 is 0 Å². The molecule has 6 aromatic carbocycles. The highest BCUT2D eigenvalue weighted by Crippen LogP contribution is 2.50. The molecule has 0 saturated carbocycles. The van der Waals surface area contributed by atoms with Gasteiger partial charge in [0.2, 0.25) is 0 Å². The Kier molecular flexibility index (Phi) is 7.12. The zero-order valence-electron chi connectivity index (χ0n) is 28.2. The maximum Gasteiger partial charge on any atom is 0.164 e. The largest absolute Gasteiger partial charge is 0.256 e. The van der Waals surface area contributed by atoms with Crippen molar-refractivity contribution in [1.29, 1.82) is 5.26 Å². The van der Waals surface area contributed by atoms with Crippen LogP contribution in [0.3, 0.4) is 0 Å². The highest BCUT2D eigenvalue weighted by atomic mass is 15.0. The van der Waals surface area contributed by atoms with Gasteiger partial charge in [-0.2, -0.15) is 5.26 Å². The Hall–Kier alpha value is -6.77. The van der Waals surface area contributed by atoms with E-state index in [0.717, 1.165) is 55.4 Å². The van der Waals surface area contributed by atoms with E-state index in [1.807, 2.05) is 85.1 Å². The summed E-state index contributed by atoms with van der Waals surface area (Å²) in [5.74, 6) is 1.84. The van der Waals surface area contributed by atoms with Crippen LogP contribution in [0.15, 0.2) is 152 Å². The van der Waals surface area contributed by atoms with E-state index in [4.69, 9.17) is 15.0 Å². The third kappa shape index (κ3) is 5.35. The molecule has 0 atom stereocenters. The van der Waals surface area contributed by atoms with Gasteiger partial charge in [0.1, 0.15) is 0 Å². The van der Waals surface area contributed by atoms with Crippen LogP contribution < -0.4 is 0 Å². The van der Waals surface area contributed by atoms with Gasteiger partial charge < -0.3 is 0 Å². The van der Waals surface area contributed by atoms with Gasteiger partial charge in [-0.1, -0.05) is 111 Å². The zero-order chi connectivity index (χ0) is 34.5. The average Bonchev–Trinajstić information content (AvgIpc) is 3.42. The predicted molar refractivity (Wildman–Crippen MR) is 205 cm³/mol. The van der Waals surface area contributed by atoms with Crippen molar-refractivity contribution >= 4 is 10.9 Å². The highest BCUT2D eigenvalue weighted by Gasteiger charge is 2.35. The molecular weight excluding hydrogens is 623 g/mol. The Bertz CT molecular complexity index is 2620. The fourth-order valence-electron chi connectivity index (χ4n) is 7.28. The first kappa shape index (κ1) is 30.3. The molecule has 51 heavy (non-hydrogen) atoms. The summed E-state index contributed by atoms with van der Waals surface area (Å²) in [5.41, 5.74) is 13.2. The van der Waals surface area contributed by atoms with Gasteiger partial charge in [0.15, 0.2) is 17.5 Å². The lowest BCUT2D eigenvalue weighted by Gasteiger charge is -2.22. The summed E-state index contributed by atoms with van der Waals surface area (Å²) in [5, 5.41) is 10.7. The Morgan fingerprint density at radius 2 is 1.08 bits per heavy atom. The minimum absolute atomic E-state index is 0.220. The topological polar surface area (TPSA) is 75.3 Å². The van der Waals surface area contributed by atoms with Crippen molar-refractivity contribution in [3.63, 3.8) is 0 Å². The van der Waals surface area contributed by atoms with Crippen LogP contribution in [0.1, 0.15) is 30.5 Å². The SMILES string of the molecule is CC1(C)c2ccc(C#N)cc2-c2ccc(-c3cc(-c4ccc5cccnc5c4)cc(-c4nc(-c5ccccc5)nc(-c5ccccc5)n4)c3)cc21. The minimum atomic E-state index is -0.220. The van der Waals surface area contributed by atoms with Gasteiger partial charge in [0.05, 0.1) is 17.1 Å². The molecule has 5 nitrogen and oxygen atoms in total. The van der Waals surface area contributed by atoms with Crippen LogP contribution in [0.4, 0.5) is 0 Å². The zero-order valence-corrected chi connectivity index (χ0v) is 28.2. The normalized spacial score (nSPS) is 12.6. The van der Waals surface area contributed by atoms with Crippen LogP contribution in [0.25, 0.3) is 78.4 Å². The van der Waals surface area contributed by atoms with E-state index >= 15 is 0 Å². The number of hydrogen-bond acceptors (Lipinski definition) is 5. The Balaban J connectivity index is 1.26. The highest BCUT2D eigenvalue weighted by molar-refractivity contribution is 5.89. The second-order valence-corrected chi connectivity index (χ2v) is 13.5. The summed E-state index contributed by atoms with van der Waals surface area (Å²) in [6.45, 7) is 4.52. The number of hydrogen-bond donors (Lipinski definition) is 0. The van der Waals surface area contributed by atoms with Crippen LogP contribution in [-0.2, 0) is 5.41 Å². The molecule has 0 saturated heterocycles. The van der Waals surface area contributed by atoms with E-state index in [-0.39, 0.29) is 5.41 Å². The first-order chi connectivity index (χ1) is 24.9. The summed E-state index contributed by atoms with van der Waals surface area (Å²) in [4.78, 5) is 19.7. The number of rotatable bonds is 5. The van der Waals surface area contributed by atoms with Gasteiger partial charge in [0, 0.05) is 33.7 Å². The van der Waals surface area contributed by atoms with Crippen LogP contribution in [0, 0.1) is 11.3 Å². The molecule has 2 heterocycles. The summed E-state index contributed by atoms with van der Waals surface area (Å²) in [6, 6.07) is 52.2. The lowest BCUT2D eigenvalue weighted by molar-refractivity contribution is 0.660. The van der Waals surface area contributed by atoms with Gasteiger partial charge in [-0.15, -0.1) is 0 Å². The van der Waals surface area contributed by atoms with E-state index in [1.165, 1.54) is 16.7 Å². The molecule has 1 aliphatic carbocycles. The van der Waals surface area contributed by atoms with Crippen molar-refractivity contribution in [1.82, 2.24) is 19.9 Å². The molecule has 0 aliphatic heterocycles. The molecule has 5 heteroatoms. The summed E-state index contributed by atoms with van der Waals surface area (Å²) < 4.78 is 0.